The Labute approximate surface area is 158 Å². The van der Waals surface area contributed by atoms with Crippen molar-refractivity contribution in [2.24, 2.45) is 0 Å². The average molecular weight is 373 g/mol. The van der Waals surface area contributed by atoms with Gasteiger partial charge in [-0.2, -0.15) is 0 Å². The van der Waals surface area contributed by atoms with Gasteiger partial charge in [-0.1, -0.05) is 12.1 Å². The van der Waals surface area contributed by atoms with Gasteiger partial charge in [0, 0.05) is 30.7 Å². The molecule has 0 saturated carbocycles. The zero-order chi connectivity index (χ0) is 19.3. The molecule has 0 aliphatic carbocycles. The third-order valence-corrected chi connectivity index (χ3v) is 5.14. The third kappa shape index (κ3) is 4.22. The van der Waals surface area contributed by atoms with E-state index in [1.165, 1.54) is 19.2 Å². The van der Waals surface area contributed by atoms with Crippen molar-refractivity contribution in [1.29, 1.82) is 0 Å². The SMILES string of the molecule is COc1ccc(C(=O)NCC2(c3ccc(F)cc3)CCOCC2)cc1OC. The molecule has 1 N–H and O–H groups in total. The first-order valence-corrected chi connectivity index (χ1v) is 8.92. The molecule has 0 radical (unpaired) electrons. The number of halogens is 1. The number of carbonyl (C=O) groups is 1. The summed E-state index contributed by atoms with van der Waals surface area (Å²) in [6.45, 7) is 1.68. The molecule has 5 nitrogen and oxygen atoms in total. The van der Waals surface area contributed by atoms with Crippen molar-refractivity contribution in [3.8, 4) is 11.5 Å². The Morgan fingerprint density at radius 1 is 1.07 bits per heavy atom. The van der Waals surface area contributed by atoms with Gasteiger partial charge < -0.3 is 19.5 Å². The van der Waals surface area contributed by atoms with Crippen molar-refractivity contribution < 1.29 is 23.4 Å². The molecule has 0 aromatic heterocycles. The summed E-state index contributed by atoms with van der Waals surface area (Å²) in [5.74, 6) is 0.616. The summed E-state index contributed by atoms with van der Waals surface area (Å²) in [6, 6.07) is 11.6. The highest BCUT2D eigenvalue weighted by Crippen LogP contribution is 2.34. The van der Waals surface area contributed by atoms with Gasteiger partial charge in [-0.3, -0.25) is 4.79 Å². The standard InChI is InChI=1S/C21H24FNO4/c1-25-18-8-3-15(13-19(18)26-2)20(24)23-14-21(9-11-27-12-10-21)16-4-6-17(22)7-5-16/h3-8,13H,9-12,14H2,1-2H3,(H,23,24). The third-order valence-electron chi connectivity index (χ3n) is 5.14. The van der Waals surface area contributed by atoms with Gasteiger partial charge in [0.25, 0.3) is 5.91 Å². The van der Waals surface area contributed by atoms with Crippen LogP contribution in [0.25, 0.3) is 0 Å². The molecule has 1 saturated heterocycles. The number of methoxy groups -OCH3 is 2. The maximum absolute atomic E-state index is 13.3. The largest absolute Gasteiger partial charge is 0.493 e. The molecule has 2 aromatic carbocycles. The lowest BCUT2D eigenvalue weighted by Gasteiger charge is -2.38. The molecule has 0 bridgehead atoms. The highest BCUT2D eigenvalue weighted by Gasteiger charge is 2.35. The molecule has 0 atom stereocenters. The minimum absolute atomic E-state index is 0.191. The number of benzene rings is 2. The molecular weight excluding hydrogens is 349 g/mol. The zero-order valence-electron chi connectivity index (χ0n) is 15.6. The minimum Gasteiger partial charge on any atom is -0.493 e. The van der Waals surface area contributed by atoms with Crippen molar-refractivity contribution in [2.45, 2.75) is 18.3 Å². The quantitative estimate of drug-likeness (QED) is 0.844. The molecule has 0 spiro atoms. The van der Waals surface area contributed by atoms with Crippen LogP contribution in [-0.2, 0) is 10.2 Å². The summed E-state index contributed by atoms with van der Waals surface area (Å²) in [5, 5.41) is 3.03. The molecule has 1 heterocycles. The fourth-order valence-electron chi connectivity index (χ4n) is 3.46. The van der Waals surface area contributed by atoms with Gasteiger partial charge in [0.2, 0.25) is 0 Å². The van der Waals surface area contributed by atoms with Gasteiger partial charge in [-0.25, -0.2) is 4.39 Å². The van der Waals surface area contributed by atoms with Crippen LogP contribution >= 0.6 is 0 Å². The fraction of sp³-hybridized carbons (Fsp3) is 0.381. The number of amides is 1. The normalized spacial score (nSPS) is 15.8. The molecular formula is C21H24FNO4. The Hall–Kier alpha value is -2.60. The molecule has 1 fully saturated rings. The summed E-state index contributed by atoms with van der Waals surface area (Å²) in [4.78, 5) is 12.7. The summed E-state index contributed by atoms with van der Waals surface area (Å²) in [6.07, 6.45) is 1.54. The molecule has 144 valence electrons. The Balaban J connectivity index is 1.77. The zero-order valence-corrected chi connectivity index (χ0v) is 15.6. The summed E-state index contributed by atoms with van der Waals surface area (Å²) in [5.41, 5.74) is 1.24. The maximum Gasteiger partial charge on any atom is 0.251 e. The van der Waals surface area contributed by atoms with E-state index in [2.05, 4.69) is 5.32 Å². The molecule has 2 aromatic rings. The Morgan fingerprint density at radius 3 is 2.37 bits per heavy atom. The number of ether oxygens (including phenoxy) is 3. The predicted octanol–water partition coefficient (Wildman–Crippen LogP) is 3.32. The second kappa shape index (κ2) is 8.39. The van der Waals surface area contributed by atoms with E-state index < -0.39 is 0 Å². The van der Waals surface area contributed by atoms with Crippen molar-refractivity contribution in [1.82, 2.24) is 5.32 Å². The molecule has 27 heavy (non-hydrogen) atoms. The van der Waals surface area contributed by atoms with Gasteiger partial charge in [0.15, 0.2) is 11.5 Å². The lowest BCUT2D eigenvalue weighted by atomic mass is 9.74. The number of nitrogens with one attached hydrogen (secondary N) is 1. The van der Waals surface area contributed by atoms with E-state index in [1.54, 1.807) is 37.4 Å². The van der Waals surface area contributed by atoms with Crippen molar-refractivity contribution in [3.05, 3.63) is 59.4 Å². The average Bonchev–Trinajstić information content (AvgIpc) is 2.72. The summed E-state index contributed by atoms with van der Waals surface area (Å²) < 4.78 is 29.3. The number of carbonyl (C=O) groups excluding carboxylic acids is 1. The van der Waals surface area contributed by atoms with E-state index in [0.717, 1.165) is 18.4 Å². The van der Waals surface area contributed by atoms with E-state index in [0.29, 0.717) is 36.8 Å². The minimum atomic E-state index is -0.268. The monoisotopic (exact) mass is 373 g/mol. The first-order valence-electron chi connectivity index (χ1n) is 8.92. The molecule has 3 rings (SSSR count). The first kappa shape index (κ1) is 19.2. The van der Waals surface area contributed by atoms with Crippen LogP contribution in [0.4, 0.5) is 4.39 Å². The van der Waals surface area contributed by atoms with Gasteiger partial charge in [0.1, 0.15) is 5.82 Å². The van der Waals surface area contributed by atoms with E-state index in [1.807, 2.05) is 0 Å². The van der Waals surface area contributed by atoms with Crippen LogP contribution in [0.15, 0.2) is 42.5 Å². The van der Waals surface area contributed by atoms with Crippen LogP contribution in [0.5, 0.6) is 11.5 Å². The molecule has 1 amide bonds. The Morgan fingerprint density at radius 2 is 1.74 bits per heavy atom. The molecule has 1 aliphatic heterocycles. The molecule has 6 heteroatoms. The number of rotatable bonds is 6. The summed E-state index contributed by atoms with van der Waals surface area (Å²) in [7, 11) is 3.08. The van der Waals surface area contributed by atoms with Gasteiger partial charge >= 0.3 is 0 Å². The fourth-order valence-corrected chi connectivity index (χ4v) is 3.46. The number of hydrogen-bond donors (Lipinski definition) is 1. The van der Waals surface area contributed by atoms with Crippen LogP contribution in [-0.4, -0.2) is 39.9 Å². The molecule has 1 aliphatic rings. The second-order valence-electron chi connectivity index (χ2n) is 6.65. The topological polar surface area (TPSA) is 56.8 Å². The van der Waals surface area contributed by atoms with Crippen LogP contribution in [0, 0.1) is 5.82 Å². The molecule has 0 unspecified atom stereocenters. The maximum atomic E-state index is 13.3. The van der Waals surface area contributed by atoms with Crippen LogP contribution in [0.3, 0.4) is 0 Å². The predicted molar refractivity (Wildman–Crippen MR) is 100 cm³/mol. The van der Waals surface area contributed by atoms with Gasteiger partial charge in [-0.05, 0) is 48.7 Å². The highest BCUT2D eigenvalue weighted by atomic mass is 19.1. The van der Waals surface area contributed by atoms with Crippen LogP contribution in [0.1, 0.15) is 28.8 Å². The Kier molecular flexibility index (Phi) is 5.96. The van der Waals surface area contributed by atoms with Crippen molar-refractivity contribution in [3.63, 3.8) is 0 Å². The lowest BCUT2D eigenvalue weighted by molar-refractivity contribution is 0.0487. The van der Waals surface area contributed by atoms with Crippen LogP contribution < -0.4 is 14.8 Å². The van der Waals surface area contributed by atoms with Crippen molar-refractivity contribution in [2.75, 3.05) is 34.0 Å². The van der Waals surface area contributed by atoms with Gasteiger partial charge in [-0.15, -0.1) is 0 Å². The first-order chi connectivity index (χ1) is 13.1. The highest BCUT2D eigenvalue weighted by molar-refractivity contribution is 5.95. The van der Waals surface area contributed by atoms with E-state index >= 15 is 0 Å². The van der Waals surface area contributed by atoms with E-state index in [-0.39, 0.29) is 17.1 Å². The smallest absolute Gasteiger partial charge is 0.251 e. The Bertz CT molecular complexity index is 785. The number of hydrogen-bond acceptors (Lipinski definition) is 4. The second-order valence-corrected chi connectivity index (χ2v) is 6.65. The van der Waals surface area contributed by atoms with Crippen LogP contribution in [0.2, 0.25) is 0 Å². The lowest BCUT2D eigenvalue weighted by Crippen LogP contribution is -2.44. The van der Waals surface area contributed by atoms with E-state index in [9.17, 15) is 9.18 Å². The van der Waals surface area contributed by atoms with Gasteiger partial charge in [0.05, 0.1) is 14.2 Å². The summed E-state index contributed by atoms with van der Waals surface area (Å²) >= 11 is 0. The van der Waals surface area contributed by atoms with Crippen molar-refractivity contribution >= 4 is 5.91 Å². The van der Waals surface area contributed by atoms with E-state index in [4.69, 9.17) is 14.2 Å².